The van der Waals surface area contributed by atoms with Crippen molar-refractivity contribution in [3.8, 4) is 0 Å². The molecule has 2 heterocycles. The normalized spacial score (nSPS) is 12.6. The van der Waals surface area contributed by atoms with Crippen molar-refractivity contribution in [1.29, 1.82) is 0 Å². The Kier molecular flexibility index (Phi) is 3.59. The first-order valence-corrected chi connectivity index (χ1v) is 5.96. The highest BCUT2D eigenvalue weighted by Gasteiger charge is 2.03. The minimum absolute atomic E-state index is 0.211. The van der Waals surface area contributed by atoms with Crippen molar-refractivity contribution < 1.29 is 0 Å². The van der Waals surface area contributed by atoms with Crippen molar-refractivity contribution in [1.82, 2.24) is 9.55 Å². The van der Waals surface area contributed by atoms with E-state index in [1.54, 1.807) is 0 Å². The molecule has 0 saturated heterocycles. The lowest BCUT2D eigenvalue weighted by molar-refractivity contribution is 0.728. The standard InChI is InChI=1S/C14H19N3/c1-11-4-3-6-16-14(11)10-17-7-5-13(9-17)8-12(2)15/h3-7,9,12H,8,10,15H2,1-2H3. The molecule has 0 radical (unpaired) electrons. The van der Waals surface area contributed by atoms with Crippen LogP contribution >= 0.6 is 0 Å². The monoisotopic (exact) mass is 229 g/mol. The summed E-state index contributed by atoms with van der Waals surface area (Å²) in [6.07, 6.45) is 7.01. The third kappa shape index (κ3) is 3.17. The Hall–Kier alpha value is -1.61. The largest absolute Gasteiger partial charge is 0.348 e. The first kappa shape index (κ1) is 11.9. The predicted molar refractivity (Wildman–Crippen MR) is 69.9 cm³/mol. The van der Waals surface area contributed by atoms with Crippen LogP contribution in [0.1, 0.15) is 23.7 Å². The first-order chi connectivity index (χ1) is 8.15. The number of nitrogens with zero attached hydrogens (tertiary/aromatic N) is 2. The summed E-state index contributed by atoms with van der Waals surface area (Å²) in [7, 11) is 0. The Labute approximate surface area is 102 Å². The predicted octanol–water partition coefficient (Wildman–Crippen LogP) is 2.13. The summed E-state index contributed by atoms with van der Waals surface area (Å²) >= 11 is 0. The Morgan fingerprint density at radius 2 is 2.24 bits per heavy atom. The molecule has 0 bridgehead atoms. The third-order valence-electron chi connectivity index (χ3n) is 2.82. The van der Waals surface area contributed by atoms with Gasteiger partial charge in [-0.3, -0.25) is 4.98 Å². The molecule has 2 rings (SSSR count). The van der Waals surface area contributed by atoms with Crippen molar-refractivity contribution in [3.05, 3.63) is 53.6 Å². The van der Waals surface area contributed by atoms with Crippen molar-refractivity contribution in [2.24, 2.45) is 5.73 Å². The van der Waals surface area contributed by atoms with Gasteiger partial charge >= 0.3 is 0 Å². The molecule has 0 aliphatic heterocycles. The van der Waals surface area contributed by atoms with E-state index in [1.165, 1.54) is 11.1 Å². The molecule has 3 nitrogen and oxygen atoms in total. The number of rotatable bonds is 4. The zero-order valence-electron chi connectivity index (χ0n) is 10.4. The van der Waals surface area contributed by atoms with Gasteiger partial charge in [0.05, 0.1) is 12.2 Å². The molecule has 0 fully saturated rings. The second kappa shape index (κ2) is 5.15. The molecule has 1 atom stereocenters. The average Bonchev–Trinajstić information content (AvgIpc) is 2.68. The summed E-state index contributed by atoms with van der Waals surface area (Å²) < 4.78 is 2.16. The number of pyridine rings is 1. The lowest BCUT2D eigenvalue weighted by Crippen LogP contribution is -2.17. The number of nitrogens with two attached hydrogens (primary N) is 1. The molecule has 90 valence electrons. The van der Waals surface area contributed by atoms with Crippen LogP contribution in [0.15, 0.2) is 36.8 Å². The molecule has 0 spiro atoms. The quantitative estimate of drug-likeness (QED) is 0.872. The molecular formula is C14H19N3. The fourth-order valence-corrected chi connectivity index (χ4v) is 1.94. The minimum Gasteiger partial charge on any atom is -0.348 e. The van der Waals surface area contributed by atoms with Gasteiger partial charge in [0.1, 0.15) is 0 Å². The Bertz CT molecular complexity index is 486. The molecule has 2 aromatic rings. The summed E-state index contributed by atoms with van der Waals surface area (Å²) in [5, 5.41) is 0. The molecular weight excluding hydrogens is 210 g/mol. The van der Waals surface area contributed by atoms with Crippen LogP contribution in [-0.4, -0.2) is 15.6 Å². The molecule has 0 amide bonds. The summed E-state index contributed by atoms with van der Waals surface area (Å²) in [5.74, 6) is 0. The Morgan fingerprint density at radius 3 is 2.94 bits per heavy atom. The highest BCUT2D eigenvalue weighted by Crippen LogP contribution is 2.09. The van der Waals surface area contributed by atoms with Crippen molar-refractivity contribution >= 4 is 0 Å². The molecule has 17 heavy (non-hydrogen) atoms. The summed E-state index contributed by atoms with van der Waals surface area (Å²) in [6, 6.07) is 6.40. The molecule has 2 N–H and O–H groups in total. The Balaban J connectivity index is 2.09. The fourth-order valence-electron chi connectivity index (χ4n) is 1.94. The third-order valence-corrected chi connectivity index (χ3v) is 2.82. The van der Waals surface area contributed by atoms with Gasteiger partial charge in [0.25, 0.3) is 0 Å². The van der Waals surface area contributed by atoms with Gasteiger partial charge in [-0.2, -0.15) is 0 Å². The molecule has 0 saturated carbocycles. The lowest BCUT2D eigenvalue weighted by atomic mass is 10.1. The van der Waals surface area contributed by atoms with Crippen LogP contribution in [0.25, 0.3) is 0 Å². The van der Waals surface area contributed by atoms with Gasteiger partial charge in [0.15, 0.2) is 0 Å². The number of aromatic nitrogens is 2. The molecule has 2 aromatic heterocycles. The van der Waals surface area contributed by atoms with Gasteiger partial charge in [-0.15, -0.1) is 0 Å². The van der Waals surface area contributed by atoms with Crippen molar-refractivity contribution in [2.45, 2.75) is 32.9 Å². The highest BCUT2D eigenvalue weighted by molar-refractivity contribution is 5.19. The Morgan fingerprint density at radius 1 is 1.41 bits per heavy atom. The maximum Gasteiger partial charge on any atom is 0.0645 e. The van der Waals surface area contributed by atoms with E-state index < -0.39 is 0 Å². The van der Waals surface area contributed by atoms with Gasteiger partial charge in [-0.1, -0.05) is 6.07 Å². The van der Waals surface area contributed by atoms with Gasteiger partial charge in [0.2, 0.25) is 0 Å². The molecule has 0 aromatic carbocycles. The maximum absolute atomic E-state index is 5.79. The van der Waals surface area contributed by atoms with E-state index in [0.717, 1.165) is 18.7 Å². The second-order valence-corrected chi connectivity index (χ2v) is 4.64. The van der Waals surface area contributed by atoms with Gasteiger partial charge in [-0.25, -0.2) is 0 Å². The number of aryl methyl sites for hydroxylation is 1. The lowest BCUT2D eigenvalue weighted by Gasteiger charge is -2.05. The van der Waals surface area contributed by atoms with E-state index in [-0.39, 0.29) is 6.04 Å². The summed E-state index contributed by atoms with van der Waals surface area (Å²) in [4.78, 5) is 4.40. The van der Waals surface area contributed by atoms with Gasteiger partial charge < -0.3 is 10.3 Å². The first-order valence-electron chi connectivity index (χ1n) is 5.96. The zero-order chi connectivity index (χ0) is 12.3. The number of hydrogen-bond acceptors (Lipinski definition) is 2. The van der Waals surface area contributed by atoms with E-state index in [4.69, 9.17) is 5.73 Å². The summed E-state index contributed by atoms with van der Waals surface area (Å²) in [6.45, 7) is 4.95. The van der Waals surface area contributed by atoms with Gasteiger partial charge in [-0.05, 0) is 43.5 Å². The second-order valence-electron chi connectivity index (χ2n) is 4.64. The van der Waals surface area contributed by atoms with E-state index in [9.17, 15) is 0 Å². The van der Waals surface area contributed by atoms with Crippen LogP contribution in [0.3, 0.4) is 0 Å². The van der Waals surface area contributed by atoms with Crippen LogP contribution in [0.2, 0.25) is 0 Å². The molecule has 3 heteroatoms. The number of hydrogen-bond donors (Lipinski definition) is 1. The van der Waals surface area contributed by atoms with Crippen LogP contribution in [0.5, 0.6) is 0 Å². The van der Waals surface area contributed by atoms with Crippen LogP contribution in [0, 0.1) is 6.92 Å². The van der Waals surface area contributed by atoms with Gasteiger partial charge in [0, 0.05) is 24.6 Å². The fraction of sp³-hybridized carbons (Fsp3) is 0.357. The average molecular weight is 229 g/mol. The minimum atomic E-state index is 0.211. The van der Waals surface area contributed by atoms with E-state index in [0.29, 0.717) is 0 Å². The topological polar surface area (TPSA) is 43.8 Å². The molecule has 0 aliphatic carbocycles. The zero-order valence-corrected chi connectivity index (χ0v) is 10.4. The van der Waals surface area contributed by atoms with Crippen LogP contribution < -0.4 is 5.73 Å². The SMILES string of the molecule is Cc1cccnc1Cn1ccc(CC(C)N)c1. The van der Waals surface area contributed by atoms with E-state index >= 15 is 0 Å². The molecule has 0 aliphatic rings. The summed E-state index contributed by atoms with van der Waals surface area (Å²) in [5.41, 5.74) is 9.43. The van der Waals surface area contributed by atoms with E-state index in [1.807, 2.05) is 19.2 Å². The highest BCUT2D eigenvalue weighted by atomic mass is 15.0. The van der Waals surface area contributed by atoms with Crippen LogP contribution in [0.4, 0.5) is 0 Å². The molecule has 1 unspecified atom stereocenters. The van der Waals surface area contributed by atoms with E-state index in [2.05, 4.69) is 41.0 Å². The smallest absolute Gasteiger partial charge is 0.0645 e. The van der Waals surface area contributed by atoms with Crippen molar-refractivity contribution in [2.75, 3.05) is 0 Å². The van der Waals surface area contributed by atoms with Crippen molar-refractivity contribution in [3.63, 3.8) is 0 Å². The van der Waals surface area contributed by atoms with Crippen LogP contribution in [-0.2, 0) is 13.0 Å². The maximum atomic E-state index is 5.79.